The molecule has 0 saturated heterocycles. The number of nitrogens with zero attached hydrogens (tertiary/aromatic N) is 2. The first-order valence-electron chi connectivity index (χ1n) is 9.58. The summed E-state index contributed by atoms with van der Waals surface area (Å²) in [5, 5.41) is 17.0. The van der Waals surface area contributed by atoms with E-state index < -0.39 is 0 Å². The third-order valence-electron chi connectivity index (χ3n) is 4.06. The van der Waals surface area contributed by atoms with Crippen LogP contribution in [0.4, 0.5) is 23.1 Å². The summed E-state index contributed by atoms with van der Waals surface area (Å²) >= 11 is 0. The van der Waals surface area contributed by atoms with Gasteiger partial charge in [-0.2, -0.15) is 4.98 Å². The number of unbranched alkanes of at least 4 members (excludes halogenated alkanes) is 1. The number of nitrogen functional groups attached to an aromatic ring is 1. The number of methoxy groups -OCH3 is 1. The van der Waals surface area contributed by atoms with E-state index in [2.05, 4.69) is 37.8 Å². The molecule has 0 bridgehead atoms. The molecule has 6 N–H and O–H groups in total. The van der Waals surface area contributed by atoms with E-state index in [1.165, 1.54) is 6.21 Å². The molecule has 0 aliphatic heterocycles. The number of aromatic nitrogens is 2. The lowest BCUT2D eigenvalue weighted by atomic mass is 10.2. The van der Waals surface area contributed by atoms with Gasteiger partial charge in [-0.1, -0.05) is 11.8 Å². The molecule has 154 valence electrons. The molecule has 0 fully saturated rings. The Morgan fingerprint density at radius 1 is 1.28 bits per heavy atom. The van der Waals surface area contributed by atoms with Gasteiger partial charge in [0.2, 0.25) is 5.95 Å². The lowest BCUT2D eigenvalue weighted by molar-refractivity contribution is 0.198. The Morgan fingerprint density at radius 2 is 2.14 bits per heavy atom. The van der Waals surface area contributed by atoms with Gasteiger partial charge in [0.1, 0.15) is 5.82 Å². The van der Waals surface area contributed by atoms with Crippen molar-refractivity contribution in [1.29, 1.82) is 5.41 Å². The highest BCUT2D eigenvalue weighted by molar-refractivity contribution is 5.87. The number of nitrogens with two attached hydrogens (primary N) is 1. The van der Waals surface area contributed by atoms with Crippen LogP contribution in [0.1, 0.15) is 30.4 Å². The van der Waals surface area contributed by atoms with E-state index in [1.807, 2.05) is 13.1 Å². The summed E-state index contributed by atoms with van der Waals surface area (Å²) in [6.45, 7) is 2.33. The summed E-state index contributed by atoms with van der Waals surface area (Å²) < 4.78 is 5.10. The van der Waals surface area contributed by atoms with Gasteiger partial charge < -0.3 is 31.8 Å². The molecule has 2 aromatic rings. The predicted molar refractivity (Wildman–Crippen MR) is 119 cm³/mol. The first-order chi connectivity index (χ1) is 14.2. The number of hydrogen-bond acceptors (Lipinski definition) is 8. The molecule has 1 aromatic heterocycles. The molecule has 0 spiro atoms. The van der Waals surface area contributed by atoms with Crippen molar-refractivity contribution in [2.45, 2.75) is 19.3 Å². The van der Waals surface area contributed by atoms with Crippen molar-refractivity contribution < 1.29 is 4.74 Å². The van der Waals surface area contributed by atoms with Crippen molar-refractivity contribution >= 4 is 29.4 Å². The summed E-state index contributed by atoms with van der Waals surface area (Å²) in [5.74, 6) is 7.46. The first kappa shape index (κ1) is 22.1. The summed E-state index contributed by atoms with van der Waals surface area (Å²) in [6.07, 6.45) is 5.60. The van der Waals surface area contributed by atoms with Crippen LogP contribution in [0.2, 0.25) is 0 Å². The normalized spacial score (nSPS) is 10.1. The van der Waals surface area contributed by atoms with Crippen LogP contribution in [0, 0.1) is 17.3 Å². The highest BCUT2D eigenvalue weighted by Gasteiger charge is 2.07. The number of nitrogens with one attached hydrogen (secondary N) is 4. The van der Waals surface area contributed by atoms with E-state index in [0.29, 0.717) is 29.6 Å². The highest BCUT2D eigenvalue weighted by Crippen LogP contribution is 2.20. The smallest absolute Gasteiger partial charge is 0.229 e. The Morgan fingerprint density at radius 3 is 2.90 bits per heavy atom. The average molecular weight is 396 g/mol. The lowest BCUT2D eigenvalue weighted by Gasteiger charge is -2.11. The molecule has 0 atom stereocenters. The number of hydrogen-bond donors (Lipinski definition) is 5. The van der Waals surface area contributed by atoms with Crippen LogP contribution < -0.4 is 21.7 Å². The van der Waals surface area contributed by atoms with Crippen molar-refractivity contribution in [2.24, 2.45) is 0 Å². The Balaban J connectivity index is 2.17. The number of benzene rings is 1. The molecule has 0 aliphatic rings. The zero-order valence-corrected chi connectivity index (χ0v) is 17.0. The van der Waals surface area contributed by atoms with E-state index in [0.717, 1.165) is 43.6 Å². The number of rotatable bonds is 11. The second-order valence-corrected chi connectivity index (χ2v) is 6.35. The fraction of sp³-hybridized carbons (Fsp3) is 0.381. The van der Waals surface area contributed by atoms with E-state index in [-0.39, 0.29) is 0 Å². The maximum absolute atomic E-state index is 7.44. The zero-order chi connectivity index (χ0) is 20.9. The lowest BCUT2D eigenvalue weighted by Crippen LogP contribution is -2.09. The van der Waals surface area contributed by atoms with E-state index in [9.17, 15) is 0 Å². The Labute approximate surface area is 172 Å². The molecule has 0 aliphatic carbocycles. The van der Waals surface area contributed by atoms with Crippen molar-refractivity contribution in [2.75, 3.05) is 50.2 Å². The second kappa shape index (κ2) is 12.3. The molecular weight excluding hydrogens is 366 g/mol. The fourth-order valence-corrected chi connectivity index (χ4v) is 2.51. The van der Waals surface area contributed by atoms with Gasteiger partial charge in [0, 0.05) is 49.8 Å². The maximum atomic E-state index is 7.44. The predicted octanol–water partition coefficient (Wildman–Crippen LogP) is 2.60. The molecule has 29 heavy (non-hydrogen) atoms. The molecule has 0 unspecified atom stereocenters. The third-order valence-corrected chi connectivity index (χ3v) is 4.06. The maximum Gasteiger partial charge on any atom is 0.229 e. The SMILES string of the molecule is CNCCCC#Cc1cnc(Nc2ccc(N)c(C=N)c2)nc1NCCCOC. The van der Waals surface area contributed by atoms with Crippen molar-refractivity contribution in [3.05, 3.63) is 35.5 Å². The summed E-state index contributed by atoms with van der Waals surface area (Å²) in [7, 11) is 3.62. The van der Waals surface area contributed by atoms with E-state index >= 15 is 0 Å². The fourth-order valence-electron chi connectivity index (χ4n) is 2.51. The van der Waals surface area contributed by atoms with Crippen molar-refractivity contribution in [1.82, 2.24) is 15.3 Å². The van der Waals surface area contributed by atoms with Gasteiger partial charge in [-0.15, -0.1) is 0 Å². The largest absolute Gasteiger partial charge is 0.398 e. The number of anilines is 4. The van der Waals surface area contributed by atoms with Crippen LogP contribution in [-0.2, 0) is 4.74 Å². The Kier molecular flexibility index (Phi) is 9.42. The Bertz CT molecular complexity index is 858. The molecule has 0 radical (unpaired) electrons. The van der Waals surface area contributed by atoms with Crippen molar-refractivity contribution in [3.63, 3.8) is 0 Å². The summed E-state index contributed by atoms with van der Waals surface area (Å²) in [6, 6.07) is 5.36. The van der Waals surface area contributed by atoms with Gasteiger partial charge in [-0.25, -0.2) is 4.98 Å². The van der Waals surface area contributed by atoms with Crippen LogP contribution in [0.3, 0.4) is 0 Å². The molecule has 0 saturated carbocycles. The van der Waals surface area contributed by atoms with E-state index in [1.54, 1.807) is 25.4 Å². The monoisotopic (exact) mass is 395 g/mol. The average Bonchev–Trinajstić information content (AvgIpc) is 2.73. The zero-order valence-electron chi connectivity index (χ0n) is 17.0. The van der Waals surface area contributed by atoms with Gasteiger partial charge in [-0.3, -0.25) is 0 Å². The Hall–Kier alpha value is -3.15. The molecule has 8 nitrogen and oxygen atoms in total. The molecule has 1 heterocycles. The van der Waals surface area contributed by atoms with Gasteiger partial charge in [0.15, 0.2) is 0 Å². The standard InChI is InChI=1S/C21H29N7O/c1-24-10-5-3-4-7-16-15-26-21(28-20(16)25-11-6-12-29-2)27-18-8-9-19(23)17(13-18)14-22/h8-9,13-15,22,24H,3,5-6,10-12,23H2,1-2H3,(H2,25,26,27,28). The van der Waals surface area contributed by atoms with Gasteiger partial charge >= 0.3 is 0 Å². The minimum Gasteiger partial charge on any atom is -0.398 e. The first-order valence-corrected chi connectivity index (χ1v) is 9.58. The van der Waals surface area contributed by atoms with Crippen LogP contribution in [0.25, 0.3) is 0 Å². The van der Waals surface area contributed by atoms with Crippen molar-refractivity contribution in [3.8, 4) is 11.8 Å². The minimum absolute atomic E-state index is 0.445. The van der Waals surface area contributed by atoms with Gasteiger partial charge in [-0.05, 0) is 44.6 Å². The molecule has 0 amide bonds. The molecule has 8 heteroatoms. The topological polar surface area (TPSA) is 121 Å². The molecule has 2 rings (SSSR count). The molecule has 1 aromatic carbocycles. The summed E-state index contributed by atoms with van der Waals surface area (Å²) in [4.78, 5) is 8.96. The second-order valence-electron chi connectivity index (χ2n) is 6.35. The minimum atomic E-state index is 0.445. The van der Waals surface area contributed by atoms with Crippen LogP contribution in [-0.4, -0.2) is 50.0 Å². The van der Waals surface area contributed by atoms with Crippen LogP contribution in [0.5, 0.6) is 0 Å². The number of ether oxygens (including phenoxy) is 1. The van der Waals surface area contributed by atoms with Crippen LogP contribution >= 0.6 is 0 Å². The quantitative estimate of drug-likeness (QED) is 0.172. The van der Waals surface area contributed by atoms with Gasteiger partial charge in [0.25, 0.3) is 0 Å². The molecular formula is C21H29N7O. The third kappa shape index (κ3) is 7.41. The van der Waals surface area contributed by atoms with Gasteiger partial charge in [0.05, 0.1) is 11.8 Å². The van der Waals surface area contributed by atoms with Crippen LogP contribution in [0.15, 0.2) is 24.4 Å². The highest BCUT2D eigenvalue weighted by atomic mass is 16.5. The van der Waals surface area contributed by atoms with E-state index in [4.69, 9.17) is 15.9 Å². The summed E-state index contributed by atoms with van der Waals surface area (Å²) in [5.41, 5.74) is 8.55.